The number of carbonyl (C=O) groups is 2. The Morgan fingerprint density at radius 3 is 2.24 bits per heavy atom. The van der Waals surface area contributed by atoms with Gasteiger partial charge in [0.05, 0.1) is 0 Å². The summed E-state index contributed by atoms with van der Waals surface area (Å²) in [4.78, 5) is 22.4. The quantitative estimate of drug-likeness (QED) is 0.779. The third-order valence-corrected chi connectivity index (χ3v) is 2.32. The molecule has 0 spiro atoms. The van der Waals surface area contributed by atoms with Crippen molar-refractivity contribution in [1.82, 2.24) is 5.32 Å². The van der Waals surface area contributed by atoms with E-state index in [1.54, 1.807) is 20.8 Å². The number of amides is 1. The average Bonchev–Trinajstić information content (AvgIpc) is 2.13. The number of rotatable bonds is 5. The molecule has 2 atom stereocenters. The Kier molecular flexibility index (Phi) is 5.99. The second kappa shape index (κ2) is 6.47. The molecular formula is C12H23NO4. The van der Waals surface area contributed by atoms with E-state index in [4.69, 9.17) is 9.84 Å². The molecule has 0 fully saturated rings. The average molecular weight is 245 g/mol. The van der Waals surface area contributed by atoms with Crippen LogP contribution in [0.25, 0.3) is 0 Å². The van der Waals surface area contributed by atoms with Crippen molar-refractivity contribution in [3.05, 3.63) is 0 Å². The highest BCUT2D eigenvalue weighted by Crippen LogP contribution is 2.12. The van der Waals surface area contributed by atoms with Crippen LogP contribution in [0.4, 0.5) is 4.79 Å². The first-order valence-electron chi connectivity index (χ1n) is 5.88. The monoisotopic (exact) mass is 245 g/mol. The van der Waals surface area contributed by atoms with Crippen molar-refractivity contribution in [3.63, 3.8) is 0 Å². The number of ether oxygens (including phenoxy) is 1. The molecule has 0 rings (SSSR count). The van der Waals surface area contributed by atoms with Crippen LogP contribution in [-0.4, -0.2) is 28.8 Å². The van der Waals surface area contributed by atoms with Crippen LogP contribution in [0.15, 0.2) is 0 Å². The van der Waals surface area contributed by atoms with Crippen LogP contribution in [-0.2, 0) is 9.53 Å². The van der Waals surface area contributed by atoms with Gasteiger partial charge in [-0.3, -0.25) is 0 Å². The standard InChI is InChI=1S/C12H23NO4/c1-6-8(2)7-9(10(14)15)13-11(16)17-12(3,4)5/h8-9H,6-7H2,1-5H3,(H,13,16)(H,14,15)/t8?,9-/m0/s1. The predicted molar refractivity (Wildman–Crippen MR) is 64.9 cm³/mol. The van der Waals surface area contributed by atoms with Crippen molar-refractivity contribution in [2.75, 3.05) is 0 Å². The maximum absolute atomic E-state index is 11.4. The molecule has 100 valence electrons. The zero-order valence-electron chi connectivity index (χ0n) is 11.2. The summed E-state index contributed by atoms with van der Waals surface area (Å²) in [5.74, 6) is -0.790. The largest absolute Gasteiger partial charge is 0.480 e. The van der Waals surface area contributed by atoms with Crippen LogP contribution in [0.2, 0.25) is 0 Å². The highest BCUT2D eigenvalue weighted by Gasteiger charge is 2.24. The first-order chi connectivity index (χ1) is 7.65. The molecule has 0 bridgehead atoms. The maximum Gasteiger partial charge on any atom is 0.408 e. The highest BCUT2D eigenvalue weighted by molar-refractivity contribution is 5.79. The Bertz CT molecular complexity index is 270. The lowest BCUT2D eigenvalue weighted by Crippen LogP contribution is -2.44. The highest BCUT2D eigenvalue weighted by atomic mass is 16.6. The second-order valence-corrected chi connectivity index (χ2v) is 5.29. The summed E-state index contributed by atoms with van der Waals surface area (Å²) in [6, 6.07) is -0.889. The molecule has 5 nitrogen and oxygen atoms in total. The number of aliphatic carboxylic acids is 1. The van der Waals surface area contributed by atoms with Gasteiger partial charge in [-0.1, -0.05) is 20.3 Å². The van der Waals surface area contributed by atoms with E-state index in [9.17, 15) is 9.59 Å². The van der Waals surface area contributed by atoms with Crippen molar-refractivity contribution in [3.8, 4) is 0 Å². The molecule has 1 unspecified atom stereocenters. The van der Waals surface area contributed by atoms with Gasteiger partial charge in [0.15, 0.2) is 0 Å². The van der Waals surface area contributed by atoms with Crippen LogP contribution >= 0.6 is 0 Å². The Hall–Kier alpha value is -1.26. The van der Waals surface area contributed by atoms with Crippen molar-refractivity contribution >= 4 is 12.1 Å². The SMILES string of the molecule is CCC(C)C[C@H](NC(=O)OC(C)(C)C)C(=O)O. The number of carboxylic acids is 1. The van der Waals surface area contributed by atoms with E-state index in [1.807, 2.05) is 13.8 Å². The van der Waals surface area contributed by atoms with Crippen molar-refractivity contribution < 1.29 is 19.4 Å². The summed E-state index contributed by atoms with van der Waals surface area (Å²) in [5.41, 5.74) is -0.622. The first kappa shape index (κ1) is 15.7. The van der Waals surface area contributed by atoms with Gasteiger partial charge in [-0.15, -0.1) is 0 Å². The first-order valence-corrected chi connectivity index (χ1v) is 5.88. The van der Waals surface area contributed by atoms with Crippen LogP contribution in [0, 0.1) is 5.92 Å². The van der Waals surface area contributed by atoms with E-state index in [0.29, 0.717) is 6.42 Å². The normalized spacial score (nSPS) is 14.9. The molecule has 0 aromatic rings. The van der Waals surface area contributed by atoms with Gasteiger partial charge < -0.3 is 15.2 Å². The van der Waals surface area contributed by atoms with Crippen LogP contribution in [0.1, 0.15) is 47.5 Å². The molecule has 0 saturated carbocycles. The molecule has 0 aromatic carbocycles. The van der Waals surface area contributed by atoms with Crippen LogP contribution in [0.3, 0.4) is 0 Å². The van der Waals surface area contributed by atoms with E-state index in [0.717, 1.165) is 6.42 Å². The molecule has 0 saturated heterocycles. The predicted octanol–water partition coefficient (Wildman–Crippen LogP) is 2.40. The fourth-order valence-corrected chi connectivity index (χ4v) is 1.24. The lowest BCUT2D eigenvalue weighted by atomic mass is 9.99. The maximum atomic E-state index is 11.4. The Balaban J connectivity index is 4.35. The Morgan fingerprint density at radius 2 is 1.88 bits per heavy atom. The van der Waals surface area contributed by atoms with Gasteiger partial charge >= 0.3 is 12.1 Å². The Labute approximate surface area is 103 Å². The minimum absolute atomic E-state index is 0.242. The molecule has 5 heteroatoms. The zero-order chi connectivity index (χ0) is 13.6. The molecule has 0 radical (unpaired) electrons. The van der Waals surface area contributed by atoms with E-state index >= 15 is 0 Å². The Morgan fingerprint density at radius 1 is 1.35 bits per heavy atom. The molecule has 0 aliphatic carbocycles. The summed E-state index contributed by atoms with van der Waals surface area (Å²) >= 11 is 0. The number of nitrogens with one attached hydrogen (secondary N) is 1. The molecule has 17 heavy (non-hydrogen) atoms. The van der Waals surface area contributed by atoms with Crippen molar-refractivity contribution in [2.45, 2.75) is 59.1 Å². The number of carbonyl (C=O) groups excluding carboxylic acids is 1. The van der Waals surface area contributed by atoms with E-state index in [-0.39, 0.29) is 5.92 Å². The number of carboxylic acid groups (broad SMARTS) is 1. The van der Waals surface area contributed by atoms with Crippen molar-refractivity contribution in [1.29, 1.82) is 0 Å². The van der Waals surface area contributed by atoms with Crippen LogP contribution < -0.4 is 5.32 Å². The van der Waals surface area contributed by atoms with Gasteiger partial charge in [0.2, 0.25) is 0 Å². The molecule has 1 amide bonds. The summed E-state index contributed by atoms with van der Waals surface area (Å²) in [6.45, 7) is 9.13. The van der Waals surface area contributed by atoms with E-state index in [1.165, 1.54) is 0 Å². The number of hydrogen-bond acceptors (Lipinski definition) is 3. The molecular weight excluding hydrogens is 222 g/mol. The van der Waals surface area contributed by atoms with Crippen molar-refractivity contribution in [2.24, 2.45) is 5.92 Å². The zero-order valence-corrected chi connectivity index (χ0v) is 11.2. The van der Waals surface area contributed by atoms with Gasteiger partial charge in [-0.25, -0.2) is 9.59 Å². The van der Waals surface area contributed by atoms with E-state index in [2.05, 4.69) is 5.32 Å². The topological polar surface area (TPSA) is 75.6 Å². The summed E-state index contributed by atoms with van der Waals surface area (Å²) < 4.78 is 5.02. The van der Waals surface area contributed by atoms with Gasteiger partial charge in [0.25, 0.3) is 0 Å². The fourth-order valence-electron chi connectivity index (χ4n) is 1.24. The van der Waals surface area contributed by atoms with Gasteiger partial charge in [0, 0.05) is 0 Å². The molecule has 0 aromatic heterocycles. The third kappa shape index (κ3) is 7.60. The molecule has 0 aliphatic rings. The third-order valence-electron chi connectivity index (χ3n) is 2.32. The second-order valence-electron chi connectivity index (χ2n) is 5.29. The summed E-state index contributed by atoms with van der Waals surface area (Å²) in [6.07, 6.45) is 0.596. The smallest absolute Gasteiger partial charge is 0.408 e. The number of alkyl carbamates (subject to hydrolysis) is 1. The minimum atomic E-state index is -1.03. The van der Waals surface area contributed by atoms with Gasteiger partial charge in [-0.2, -0.15) is 0 Å². The molecule has 0 aliphatic heterocycles. The van der Waals surface area contributed by atoms with Gasteiger partial charge in [0.1, 0.15) is 11.6 Å². The summed E-state index contributed by atoms with van der Waals surface area (Å²) in [7, 11) is 0. The van der Waals surface area contributed by atoms with Gasteiger partial charge in [-0.05, 0) is 33.1 Å². The fraction of sp³-hybridized carbons (Fsp3) is 0.833. The lowest BCUT2D eigenvalue weighted by Gasteiger charge is -2.23. The minimum Gasteiger partial charge on any atom is -0.480 e. The lowest BCUT2D eigenvalue weighted by molar-refractivity contribution is -0.140. The molecule has 2 N–H and O–H groups in total. The van der Waals surface area contributed by atoms with E-state index < -0.39 is 23.7 Å². The number of hydrogen-bond donors (Lipinski definition) is 2. The summed E-state index contributed by atoms with van der Waals surface area (Å²) in [5, 5.41) is 11.4. The van der Waals surface area contributed by atoms with Crippen LogP contribution in [0.5, 0.6) is 0 Å². The molecule has 0 heterocycles.